The first-order valence-electron chi connectivity index (χ1n) is 3.71. The Morgan fingerprint density at radius 3 is 3.10 bits per heavy atom. The van der Waals surface area contributed by atoms with Crippen molar-refractivity contribution in [2.45, 2.75) is 25.3 Å². The van der Waals surface area contributed by atoms with Gasteiger partial charge in [-0.3, -0.25) is 4.79 Å². The highest BCUT2D eigenvalue weighted by Gasteiger charge is 2.10. The molecule has 1 heterocycles. The number of nitrogens with zero attached hydrogens (tertiary/aromatic N) is 1. The van der Waals surface area contributed by atoms with Gasteiger partial charge in [-0.1, -0.05) is 18.9 Å². The van der Waals surface area contributed by atoms with Crippen LogP contribution in [0, 0.1) is 0 Å². The molecule has 1 rings (SSSR count). The predicted octanol–water partition coefficient (Wildman–Crippen LogP) is 0.659. The monoisotopic (exact) mass is 141 g/mol. The average Bonchev–Trinajstić information content (AvgIpc) is 2.13. The summed E-state index contributed by atoms with van der Waals surface area (Å²) in [6, 6.07) is -0.0810. The molecular weight excluding hydrogens is 128 g/mol. The van der Waals surface area contributed by atoms with E-state index in [0.717, 1.165) is 25.8 Å². The number of likely N-dealkylation sites (N-methyl/N-ethyl adjacent to an activating group) is 1. The van der Waals surface area contributed by atoms with Gasteiger partial charge in [0.1, 0.15) is 0 Å². The van der Waals surface area contributed by atoms with Crippen LogP contribution in [0.5, 0.6) is 0 Å². The van der Waals surface area contributed by atoms with E-state index in [2.05, 4.69) is 10.6 Å². The molecule has 0 aliphatic carbocycles. The number of amides is 1. The van der Waals surface area contributed by atoms with E-state index in [9.17, 15) is 4.79 Å². The maximum Gasteiger partial charge on any atom is 0.202 e. The van der Waals surface area contributed by atoms with Crippen molar-refractivity contribution in [3.05, 3.63) is 5.32 Å². The van der Waals surface area contributed by atoms with Crippen LogP contribution in [-0.2, 0) is 4.79 Å². The summed E-state index contributed by atoms with van der Waals surface area (Å²) in [6.07, 6.45) is 3.13. The summed E-state index contributed by atoms with van der Waals surface area (Å²) in [5, 5.41) is 6.79. The van der Waals surface area contributed by atoms with Crippen molar-refractivity contribution >= 4 is 5.91 Å². The minimum atomic E-state index is -0.0810. The zero-order chi connectivity index (χ0) is 7.40. The first-order valence-corrected chi connectivity index (χ1v) is 3.71. The second-order valence-corrected chi connectivity index (χ2v) is 2.56. The van der Waals surface area contributed by atoms with E-state index in [1.165, 1.54) is 0 Å². The van der Waals surface area contributed by atoms with Crippen LogP contribution in [0.1, 0.15) is 19.3 Å². The third-order valence-electron chi connectivity index (χ3n) is 1.82. The second kappa shape index (κ2) is 3.56. The highest BCUT2D eigenvalue weighted by atomic mass is 16.2. The zero-order valence-electron chi connectivity index (χ0n) is 6.26. The van der Waals surface area contributed by atoms with E-state index in [1.54, 1.807) is 7.05 Å². The van der Waals surface area contributed by atoms with Crippen LogP contribution in [0.2, 0.25) is 0 Å². The third-order valence-corrected chi connectivity index (χ3v) is 1.82. The Hall–Kier alpha value is -0.570. The SMILES string of the molecule is C[N-]C1CCCCNC1=O. The van der Waals surface area contributed by atoms with E-state index in [4.69, 9.17) is 0 Å². The van der Waals surface area contributed by atoms with Crippen LogP contribution < -0.4 is 5.32 Å². The lowest BCUT2D eigenvalue weighted by atomic mass is 10.1. The molecule has 0 radical (unpaired) electrons. The van der Waals surface area contributed by atoms with Gasteiger partial charge in [0.15, 0.2) is 0 Å². The van der Waals surface area contributed by atoms with Crippen molar-refractivity contribution in [1.29, 1.82) is 0 Å². The summed E-state index contributed by atoms with van der Waals surface area (Å²) in [7, 11) is 1.70. The molecule has 0 aromatic rings. The Bertz CT molecular complexity index is 125. The summed E-state index contributed by atoms with van der Waals surface area (Å²) >= 11 is 0. The zero-order valence-corrected chi connectivity index (χ0v) is 6.26. The maximum absolute atomic E-state index is 11.0. The molecule has 3 heteroatoms. The molecule has 1 unspecified atom stereocenters. The number of carbonyl (C=O) groups is 1. The molecule has 58 valence electrons. The van der Waals surface area contributed by atoms with Crippen molar-refractivity contribution in [2.24, 2.45) is 0 Å². The first kappa shape index (κ1) is 7.54. The molecule has 1 fully saturated rings. The van der Waals surface area contributed by atoms with Crippen LogP contribution in [0.4, 0.5) is 0 Å². The molecule has 0 spiro atoms. The molecule has 0 bridgehead atoms. The van der Waals surface area contributed by atoms with E-state index < -0.39 is 0 Å². The fraction of sp³-hybridized carbons (Fsp3) is 0.857. The van der Waals surface area contributed by atoms with Crippen molar-refractivity contribution in [2.75, 3.05) is 13.6 Å². The minimum absolute atomic E-state index is 0.0810. The van der Waals surface area contributed by atoms with Gasteiger partial charge in [-0.15, -0.1) is 0 Å². The van der Waals surface area contributed by atoms with Gasteiger partial charge >= 0.3 is 0 Å². The Morgan fingerprint density at radius 1 is 1.60 bits per heavy atom. The van der Waals surface area contributed by atoms with Crippen LogP contribution >= 0.6 is 0 Å². The Kier molecular flexibility index (Phi) is 2.68. The molecule has 0 saturated carbocycles. The smallest absolute Gasteiger partial charge is 0.202 e. The maximum atomic E-state index is 11.0. The van der Waals surface area contributed by atoms with Crippen molar-refractivity contribution in [3.63, 3.8) is 0 Å². The quantitative estimate of drug-likeness (QED) is 0.572. The van der Waals surface area contributed by atoms with Crippen molar-refractivity contribution in [3.8, 4) is 0 Å². The van der Waals surface area contributed by atoms with Gasteiger partial charge in [0.2, 0.25) is 5.91 Å². The van der Waals surface area contributed by atoms with Crippen LogP contribution in [-0.4, -0.2) is 25.5 Å². The summed E-state index contributed by atoms with van der Waals surface area (Å²) in [5.74, 6) is 0.0972. The highest BCUT2D eigenvalue weighted by molar-refractivity contribution is 5.84. The van der Waals surface area contributed by atoms with Gasteiger partial charge in [0.25, 0.3) is 0 Å². The van der Waals surface area contributed by atoms with Gasteiger partial charge in [0.05, 0.1) is 0 Å². The van der Waals surface area contributed by atoms with Gasteiger partial charge in [-0.05, 0) is 6.42 Å². The highest BCUT2D eigenvalue weighted by Crippen LogP contribution is 2.10. The molecule has 1 N–H and O–H groups in total. The molecule has 0 aromatic heterocycles. The Labute approximate surface area is 61.2 Å². The van der Waals surface area contributed by atoms with Crippen molar-refractivity contribution < 1.29 is 4.79 Å². The van der Waals surface area contributed by atoms with E-state index in [0.29, 0.717) is 0 Å². The number of hydrogen-bond acceptors (Lipinski definition) is 1. The molecule has 1 amide bonds. The molecular formula is C7H13N2O-. The predicted molar refractivity (Wildman–Crippen MR) is 39.9 cm³/mol. The van der Waals surface area contributed by atoms with E-state index in [1.807, 2.05) is 0 Å². The van der Waals surface area contributed by atoms with Gasteiger partial charge in [-0.25, -0.2) is 0 Å². The fourth-order valence-electron chi connectivity index (χ4n) is 1.17. The Balaban J connectivity index is 2.43. The van der Waals surface area contributed by atoms with Gasteiger partial charge in [-0.2, -0.15) is 7.05 Å². The van der Waals surface area contributed by atoms with Gasteiger partial charge < -0.3 is 10.6 Å². The number of carbonyl (C=O) groups excluding carboxylic acids is 1. The average molecular weight is 141 g/mol. The lowest BCUT2D eigenvalue weighted by Gasteiger charge is -2.23. The normalized spacial score (nSPS) is 27.3. The molecule has 1 saturated heterocycles. The number of hydrogen-bond donors (Lipinski definition) is 1. The van der Waals surface area contributed by atoms with Crippen LogP contribution in [0.3, 0.4) is 0 Å². The fourth-order valence-corrected chi connectivity index (χ4v) is 1.17. The third kappa shape index (κ3) is 1.70. The topological polar surface area (TPSA) is 43.2 Å². The lowest BCUT2D eigenvalue weighted by molar-refractivity contribution is -0.121. The number of rotatable bonds is 1. The van der Waals surface area contributed by atoms with Crippen LogP contribution in [0.15, 0.2) is 0 Å². The molecule has 3 nitrogen and oxygen atoms in total. The molecule has 1 atom stereocenters. The summed E-state index contributed by atoms with van der Waals surface area (Å²) in [4.78, 5) is 11.0. The van der Waals surface area contributed by atoms with E-state index in [-0.39, 0.29) is 11.9 Å². The largest absolute Gasteiger partial charge is 0.654 e. The summed E-state index contributed by atoms with van der Waals surface area (Å²) < 4.78 is 0. The minimum Gasteiger partial charge on any atom is -0.654 e. The molecule has 0 aromatic carbocycles. The molecule has 10 heavy (non-hydrogen) atoms. The standard InChI is InChI=1S/C7H13N2O/c1-8-6-4-2-3-5-9-7(6)10/h6H,2-5H2,1H3,(H,9,10)/q-1. The first-order chi connectivity index (χ1) is 4.84. The summed E-state index contributed by atoms with van der Waals surface area (Å²) in [6.45, 7) is 0.824. The number of nitrogens with one attached hydrogen (secondary N) is 1. The lowest BCUT2D eigenvalue weighted by Crippen LogP contribution is -2.31. The van der Waals surface area contributed by atoms with Gasteiger partial charge in [0, 0.05) is 6.54 Å². The second-order valence-electron chi connectivity index (χ2n) is 2.56. The van der Waals surface area contributed by atoms with Crippen LogP contribution in [0.25, 0.3) is 5.32 Å². The molecule has 1 aliphatic heterocycles. The van der Waals surface area contributed by atoms with E-state index >= 15 is 0 Å². The summed E-state index contributed by atoms with van der Waals surface area (Å²) in [5.41, 5.74) is 0. The Morgan fingerprint density at radius 2 is 2.40 bits per heavy atom. The molecule has 1 aliphatic rings. The van der Waals surface area contributed by atoms with Crippen molar-refractivity contribution in [1.82, 2.24) is 5.32 Å².